The van der Waals surface area contributed by atoms with Crippen LogP contribution in [0.3, 0.4) is 0 Å². The zero-order chi connectivity index (χ0) is 15.1. The van der Waals surface area contributed by atoms with Gasteiger partial charge in [-0.15, -0.1) is 0 Å². The van der Waals surface area contributed by atoms with Gasteiger partial charge < -0.3 is 10.0 Å². The van der Waals surface area contributed by atoms with Crippen molar-refractivity contribution in [2.24, 2.45) is 11.8 Å². The molecule has 0 radical (unpaired) electrons. The topological polar surface area (TPSA) is 86.3 Å². The van der Waals surface area contributed by atoms with Crippen molar-refractivity contribution >= 4 is 11.9 Å². The van der Waals surface area contributed by atoms with Crippen LogP contribution in [-0.2, 0) is 4.79 Å². The van der Waals surface area contributed by atoms with Crippen LogP contribution in [0, 0.1) is 18.8 Å². The van der Waals surface area contributed by atoms with Crippen LogP contribution in [0.5, 0.6) is 0 Å². The maximum atomic E-state index is 12.8. The molecule has 2 heterocycles. The van der Waals surface area contributed by atoms with E-state index in [-0.39, 0.29) is 5.56 Å². The second-order valence-corrected chi connectivity index (χ2v) is 4.71. The molecule has 1 fully saturated rings. The largest absolute Gasteiger partial charge is 0.481 e. The number of hydrogen-bond donors (Lipinski definition) is 2. The highest BCUT2D eigenvalue weighted by Gasteiger charge is 2.53. The molecule has 1 aromatic heterocycles. The van der Waals surface area contributed by atoms with E-state index in [2.05, 4.69) is 10.2 Å². The quantitative estimate of drug-likeness (QED) is 0.853. The van der Waals surface area contributed by atoms with Gasteiger partial charge in [-0.1, -0.05) is 0 Å². The average Bonchev–Trinajstić information content (AvgIpc) is 2.92. The van der Waals surface area contributed by atoms with Gasteiger partial charge in [0, 0.05) is 18.8 Å². The van der Waals surface area contributed by atoms with Gasteiger partial charge >= 0.3 is 12.1 Å². The highest BCUT2D eigenvalue weighted by Crippen LogP contribution is 2.38. The number of carbonyl (C=O) groups excluding carboxylic acids is 1. The SMILES string of the molecule is Cc1[nH]ncc1C(=O)N1C[C@@H](C(F)(F)F)[C@H](C(=O)O)C1. The van der Waals surface area contributed by atoms with Crippen molar-refractivity contribution in [2.45, 2.75) is 13.1 Å². The Morgan fingerprint density at radius 3 is 2.50 bits per heavy atom. The first kappa shape index (κ1) is 14.4. The number of carboxylic acid groups (broad SMARTS) is 1. The van der Waals surface area contributed by atoms with Gasteiger partial charge in [0.05, 0.1) is 23.6 Å². The van der Waals surface area contributed by atoms with Crippen LogP contribution in [0.25, 0.3) is 0 Å². The Kier molecular flexibility index (Phi) is 3.45. The number of hydrogen-bond acceptors (Lipinski definition) is 3. The standard InChI is InChI=1S/C11H12F3N3O3/c1-5-6(2-15-16-5)9(18)17-3-7(10(19)20)8(4-17)11(12,13)14/h2,7-8H,3-4H2,1H3,(H,15,16)(H,19,20)/t7-,8-/m1/s1. The molecular formula is C11H12F3N3O3. The number of likely N-dealkylation sites (tertiary alicyclic amines) is 1. The summed E-state index contributed by atoms with van der Waals surface area (Å²) in [6.45, 7) is 0.457. The van der Waals surface area contributed by atoms with Gasteiger partial charge in [-0.3, -0.25) is 14.7 Å². The number of rotatable bonds is 2. The summed E-state index contributed by atoms with van der Waals surface area (Å²) in [5.41, 5.74) is 0.578. The summed E-state index contributed by atoms with van der Waals surface area (Å²) in [5, 5.41) is 15.0. The molecule has 6 nitrogen and oxygen atoms in total. The van der Waals surface area contributed by atoms with Crippen molar-refractivity contribution in [2.75, 3.05) is 13.1 Å². The Bertz CT molecular complexity index is 541. The number of alkyl halides is 3. The van der Waals surface area contributed by atoms with Gasteiger partial charge in [-0.25, -0.2) is 0 Å². The van der Waals surface area contributed by atoms with Crippen LogP contribution < -0.4 is 0 Å². The van der Waals surface area contributed by atoms with Gasteiger partial charge in [0.15, 0.2) is 0 Å². The molecule has 1 amide bonds. The lowest BCUT2D eigenvalue weighted by atomic mass is 9.96. The van der Waals surface area contributed by atoms with Gasteiger partial charge in [0.2, 0.25) is 0 Å². The van der Waals surface area contributed by atoms with Crippen LogP contribution in [0.4, 0.5) is 13.2 Å². The third-order valence-corrected chi connectivity index (χ3v) is 3.41. The summed E-state index contributed by atoms with van der Waals surface area (Å²) >= 11 is 0. The molecule has 20 heavy (non-hydrogen) atoms. The maximum Gasteiger partial charge on any atom is 0.394 e. The molecule has 1 aliphatic rings. The molecule has 0 unspecified atom stereocenters. The van der Waals surface area contributed by atoms with Gasteiger partial charge in [-0.05, 0) is 6.92 Å². The Labute approximate surface area is 111 Å². The molecule has 1 saturated heterocycles. The van der Waals surface area contributed by atoms with Crippen LogP contribution in [0.15, 0.2) is 6.20 Å². The lowest BCUT2D eigenvalue weighted by Gasteiger charge is -2.18. The third-order valence-electron chi connectivity index (χ3n) is 3.41. The minimum absolute atomic E-state index is 0.150. The first-order chi connectivity index (χ1) is 9.21. The zero-order valence-corrected chi connectivity index (χ0v) is 10.4. The maximum absolute atomic E-state index is 12.8. The second-order valence-electron chi connectivity index (χ2n) is 4.71. The number of aliphatic carboxylic acids is 1. The van der Waals surface area contributed by atoms with E-state index >= 15 is 0 Å². The van der Waals surface area contributed by atoms with E-state index in [4.69, 9.17) is 5.11 Å². The number of aromatic amines is 1. The highest BCUT2D eigenvalue weighted by atomic mass is 19.4. The summed E-state index contributed by atoms with van der Waals surface area (Å²) in [5.74, 6) is -5.87. The molecule has 2 rings (SSSR count). The molecule has 9 heteroatoms. The number of carbonyl (C=O) groups is 2. The van der Waals surface area contributed by atoms with Crippen LogP contribution in [0.1, 0.15) is 16.1 Å². The fourth-order valence-corrected chi connectivity index (χ4v) is 2.29. The lowest BCUT2D eigenvalue weighted by Crippen LogP contribution is -2.34. The van der Waals surface area contributed by atoms with Crippen molar-refractivity contribution in [3.05, 3.63) is 17.5 Å². The van der Waals surface area contributed by atoms with E-state index in [1.807, 2.05) is 0 Å². The monoisotopic (exact) mass is 291 g/mol. The first-order valence-corrected chi connectivity index (χ1v) is 5.80. The molecule has 1 aliphatic heterocycles. The second kappa shape index (κ2) is 4.80. The van der Waals surface area contributed by atoms with Crippen molar-refractivity contribution in [1.29, 1.82) is 0 Å². The minimum Gasteiger partial charge on any atom is -0.481 e. The Morgan fingerprint density at radius 2 is 2.10 bits per heavy atom. The first-order valence-electron chi connectivity index (χ1n) is 5.80. The fraction of sp³-hybridized carbons (Fsp3) is 0.545. The molecule has 0 bridgehead atoms. The van der Waals surface area contributed by atoms with Crippen molar-refractivity contribution in [3.8, 4) is 0 Å². The highest BCUT2D eigenvalue weighted by molar-refractivity contribution is 5.95. The van der Waals surface area contributed by atoms with Crippen LogP contribution in [0.2, 0.25) is 0 Å². The predicted molar refractivity (Wildman–Crippen MR) is 59.9 cm³/mol. The van der Waals surface area contributed by atoms with E-state index in [0.29, 0.717) is 5.69 Å². The van der Waals surface area contributed by atoms with E-state index in [1.54, 1.807) is 6.92 Å². The molecule has 2 N–H and O–H groups in total. The fourth-order valence-electron chi connectivity index (χ4n) is 2.29. The Morgan fingerprint density at radius 1 is 1.45 bits per heavy atom. The van der Waals surface area contributed by atoms with Gasteiger partial charge in [0.25, 0.3) is 5.91 Å². The lowest BCUT2D eigenvalue weighted by molar-refractivity contribution is -0.187. The summed E-state index contributed by atoms with van der Waals surface area (Å²) in [6.07, 6.45) is -3.43. The van der Waals surface area contributed by atoms with Gasteiger partial charge in [0.1, 0.15) is 0 Å². The Balaban J connectivity index is 2.22. The summed E-state index contributed by atoms with van der Waals surface area (Å²) in [7, 11) is 0. The normalized spacial score (nSPS) is 23.1. The summed E-state index contributed by atoms with van der Waals surface area (Å²) in [4.78, 5) is 23.9. The number of H-pyrrole nitrogens is 1. The third kappa shape index (κ3) is 2.47. The van der Waals surface area contributed by atoms with Crippen molar-refractivity contribution in [3.63, 3.8) is 0 Å². The van der Waals surface area contributed by atoms with Crippen LogP contribution in [-0.4, -0.2) is 51.3 Å². The van der Waals surface area contributed by atoms with E-state index < -0.39 is 43.0 Å². The molecule has 0 aromatic carbocycles. The average molecular weight is 291 g/mol. The number of halogens is 3. The molecule has 0 aliphatic carbocycles. The number of aromatic nitrogens is 2. The zero-order valence-electron chi connectivity index (χ0n) is 10.4. The number of carboxylic acids is 1. The molecule has 2 atom stereocenters. The summed E-state index contributed by atoms with van der Waals surface area (Å²) in [6, 6.07) is 0. The predicted octanol–water partition coefficient (Wildman–Crippen LogP) is 1.05. The Hall–Kier alpha value is -2.06. The number of aryl methyl sites for hydroxylation is 1. The molecular weight excluding hydrogens is 279 g/mol. The van der Waals surface area contributed by atoms with E-state index in [1.165, 1.54) is 6.20 Å². The number of amides is 1. The van der Waals surface area contributed by atoms with Crippen molar-refractivity contribution in [1.82, 2.24) is 15.1 Å². The number of nitrogens with zero attached hydrogens (tertiary/aromatic N) is 2. The molecule has 0 saturated carbocycles. The van der Waals surface area contributed by atoms with E-state index in [0.717, 1.165) is 4.90 Å². The minimum atomic E-state index is -4.65. The van der Waals surface area contributed by atoms with E-state index in [9.17, 15) is 22.8 Å². The molecule has 1 aromatic rings. The number of nitrogens with one attached hydrogen (secondary N) is 1. The summed E-state index contributed by atoms with van der Waals surface area (Å²) < 4.78 is 38.4. The van der Waals surface area contributed by atoms with Crippen molar-refractivity contribution < 1.29 is 27.9 Å². The van der Waals surface area contributed by atoms with Crippen LogP contribution >= 0.6 is 0 Å². The molecule has 0 spiro atoms. The smallest absolute Gasteiger partial charge is 0.394 e. The van der Waals surface area contributed by atoms with Gasteiger partial charge in [-0.2, -0.15) is 18.3 Å². The molecule has 110 valence electrons.